The molecule has 8 rings (SSSR count). The average Bonchev–Trinajstić information content (AvgIpc) is 3.35. The van der Waals surface area contributed by atoms with Gasteiger partial charge in [-0.25, -0.2) is 9.97 Å². The number of benzene rings is 5. The molecule has 7 aromatic rings. The molecule has 1 aliphatic carbocycles. The number of hydrogen-bond acceptors (Lipinski definition) is 3. The van der Waals surface area contributed by atoms with Gasteiger partial charge in [0.15, 0.2) is 5.82 Å². The van der Waals surface area contributed by atoms with Crippen molar-refractivity contribution in [2.24, 2.45) is 0 Å². The van der Waals surface area contributed by atoms with E-state index in [9.17, 15) is 0 Å². The van der Waals surface area contributed by atoms with E-state index in [1.807, 2.05) is 18.2 Å². The van der Waals surface area contributed by atoms with Crippen molar-refractivity contribution in [3.63, 3.8) is 0 Å². The summed E-state index contributed by atoms with van der Waals surface area (Å²) in [5.74, 6) is 0.680. The number of rotatable bonds is 5. The fourth-order valence-corrected chi connectivity index (χ4v) is 6.77. The molecule has 2 heterocycles. The van der Waals surface area contributed by atoms with Gasteiger partial charge < -0.3 is 0 Å². The Labute approximate surface area is 264 Å². The predicted octanol–water partition coefficient (Wildman–Crippen LogP) is 10.5. The van der Waals surface area contributed by atoms with E-state index >= 15 is 0 Å². The van der Waals surface area contributed by atoms with Crippen molar-refractivity contribution in [3.05, 3.63) is 163 Å². The van der Waals surface area contributed by atoms with E-state index < -0.39 is 0 Å². The first kappa shape index (κ1) is 26.9. The molecule has 0 radical (unpaired) electrons. The molecule has 0 aliphatic heterocycles. The monoisotopic (exact) mass is 577 g/mol. The van der Waals surface area contributed by atoms with Crippen molar-refractivity contribution < 1.29 is 0 Å². The lowest BCUT2D eigenvalue weighted by atomic mass is 9.78. The maximum absolute atomic E-state index is 5.09. The minimum atomic E-state index is -0.0962. The molecule has 0 bridgehead atoms. The first-order valence-electron chi connectivity index (χ1n) is 15.4. The van der Waals surface area contributed by atoms with E-state index in [-0.39, 0.29) is 5.41 Å². The van der Waals surface area contributed by atoms with Crippen LogP contribution in [0.15, 0.2) is 152 Å². The molecule has 1 aliphatic rings. The summed E-state index contributed by atoms with van der Waals surface area (Å²) in [7, 11) is 0. The van der Waals surface area contributed by atoms with Crippen molar-refractivity contribution in [1.82, 2.24) is 15.0 Å². The van der Waals surface area contributed by atoms with Gasteiger partial charge in [-0.2, -0.15) is 0 Å². The molecule has 214 valence electrons. The molecule has 5 aromatic carbocycles. The quantitative estimate of drug-likeness (QED) is 0.204. The second-order valence-electron chi connectivity index (χ2n) is 12.1. The van der Waals surface area contributed by atoms with Crippen LogP contribution in [0.4, 0.5) is 0 Å². The molecule has 0 spiro atoms. The van der Waals surface area contributed by atoms with Gasteiger partial charge in [0.1, 0.15) is 0 Å². The molecular weight excluding hydrogens is 546 g/mol. The van der Waals surface area contributed by atoms with Gasteiger partial charge in [0.05, 0.1) is 11.4 Å². The SMILES string of the molecule is CC1(C)c2ccccc2-c2cccc(-c3cccc(-c4cc(-c5ccc(-c6ccccc6)cc5)nc(-c5ccncc5)n4)c3)c21. The summed E-state index contributed by atoms with van der Waals surface area (Å²) < 4.78 is 0. The van der Waals surface area contributed by atoms with Gasteiger partial charge in [0, 0.05) is 34.5 Å². The van der Waals surface area contributed by atoms with E-state index in [1.165, 1.54) is 44.5 Å². The molecule has 2 aromatic heterocycles. The van der Waals surface area contributed by atoms with Gasteiger partial charge in [-0.3, -0.25) is 4.98 Å². The van der Waals surface area contributed by atoms with Crippen molar-refractivity contribution in [2.45, 2.75) is 19.3 Å². The van der Waals surface area contributed by atoms with Gasteiger partial charge >= 0.3 is 0 Å². The highest BCUT2D eigenvalue weighted by molar-refractivity contribution is 5.89. The summed E-state index contributed by atoms with van der Waals surface area (Å²) in [5.41, 5.74) is 14.9. The number of hydrogen-bond donors (Lipinski definition) is 0. The van der Waals surface area contributed by atoms with E-state index in [1.54, 1.807) is 12.4 Å². The Kier molecular flexibility index (Phi) is 6.46. The third kappa shape index (κ3) is 4.74. The number of fused-ring (bicyclic) bond motifs is 3. The van der Waals surface area contributed by atoms with E-state index in [2.05, 4.69) is 140 Å². The van der Waals surface area contributed by atoms with Crippen LogP contribution in [-0.4, -0.2) is 15.0 Å². The normalized spacial score (nSPS) is 12.8. The minimum absolute atomic E-state index is 0.0962. The summed E-state index contributed by atoms with van der Waals surface area (Å²) in [4.78, 5) is 14.3. The number of nitrogens with zero attached hydrogens (tertiary/aromatic N) is 3. The predicted molar refractivity (Wildman–Crippen MR) is 185 cm³/mol. The fraction of sp³-hybridized carbons (Fsp3) is 0.0714. The van der Waals surface area contributed by atoms with Crippen LogP contribution in [0.2, 0.25) is 0 Å². The Hall–Kier alpha value is -5.67. The smallest absolute Gasteiger partial charge is 0.160 e. The van der Waals surface area contributed by atoms with Crippen LogP contribution in [0.3, 0.4) is 0 Å². The van der Waals surface area contributed by atoms with E-state index in [0.29, 0.717) is 5.82 Å². The molecule has 0 saturated heterocycles. The topological polar surface area (TPSA) is 38.7 Å². The third-order valence-electron chi connectivity index (χ3n) is 9.00. The number of aromatic nitrogens is 3. The van der Waals surface area contributed by atoms with Crippen LogP contribution < -0.4 is 0 Å². The lowest BCUT2D eigenvalue weighted by molar-refractivity contribution is 0.662. The highest BCUT2D eigenvalue weighted by atomic mass is 14.9. The zero-order chi connectivity index (χ0) is 30.4. The molecule has 0 fully saturated rings. The summed E-state index contributed by atoms with van der Waals surface area (Å²) in [6.45, 7) is 4.68. The van der Waals surface area contributed by atoms with Crippen molar-refractivity contribution in [3.8, 4) is 67.3 Å². The Morgan fingerprint density at radius 3 is 1.80 bits per heavy atom. The molecule has 3 heteroatoms. The van der Waals surface area contributed by atoms with E-state index in [0.717, 1.165) is 28.1 Å². The Morgan fingerprint density at radius 1 is 0.422 bits per heavy atom. The van der Waals surface area contributed by atoms with Crippen molar-refractivity contribution in [2.75, 3.05) is 0 Å². The first-order valence-corrected chi connectivity index (χ1v) is 15.4. The summed E-state index contributed by atoms with van der Waals surface area (Å²) in [6.07, 6.45) is 3.58. The molecule has 0 atom stereocenters. The van der Waals surface area contributed by atoms with Crippen molar-refractivity contribution >= 4 is 0 Å². The lowest BCUT2D eigenvalue weighted by Gasteiger charge is -2.24. The van der Waals surface area contributed by atoms with Crippen LogP contribution in [0.25, 0.3) is 67.3 Å². The minimum Gasteiger partial charge on any atom is -0.265 e. The second kappa shape index (κ2) is 10.8. The second-order valence-corrected chi connectivity index (χ2v) is 12.1. The average molecular weight is 578 g/mol. The van der Waals surface area contributed by atoms with Gasteiger partial charge in [-0.1, -0.05) is 129 Å². The Balaban J connectivity index is 1.24. The Morgan fingerprint density at radius 2 is 1.00 bits per heavy atom. The first-order chi connectivity index (χ1) is 22.1. The zero-order valence-corrected chi connectivity index (χ0v) is 25.3. The maximum atomic E-state index is 5.09. The number of pyridine rings is 1. The summed E-state index contributed by atoms with van der Waals surface area (Å²) in [5, 5.41) is 0. The van der Waals surface area contributed by atoms with Crippen LogP contribution in [0.1, 0.15) is 25.0 Å². The van der Waals surface area contributed by atoms with Gasteiger partial charge in [0.25, 0.3) is 0 Å². The lowest BCUT2D eigenvalue weighted by Crippen LogP contribution is -2.16. The van der Waals surface area contributed by atoms with Crippen LogP contribution in [0, 0.1) is 0 Å². The standard InChI is InChI=1S/C42H31N3/c1-42(2)37-17-7-6-14-35(37)36-16-9-15-34(40(36)42)32-12-8-13-33(26-32)39-27-38(44-41(45-39)31-22-24-43-25-23-31)30-20-18-29(19-21-30)28-10-4-3-5-11-28/h3-27H,1-2H3. The van der Waals surface area contributed by atoms with E-state index in [4.69, 9.17) is 9.97 Å². The maximum Gasteiger partial charge on any atom is 0.160 e. The third-order valence-corrected chi connectivity index (χ3v) is 9.00. The molecular formula is C42H31N3. The summed E-state index contributed by atoms with van der Waals surface area (Å²) in [6, 6.07) is 49.4. The van der Waals surface area contributed by atoms with Gasteiger partial charge in [-0.15, -0.1) is 0 Å². The Bertz CT molecular complexity index is 2170. The molecule has 0 N–H and O–H groups in total. The molecule has 0 unspecified atom stereocenters. The van der Waals surface area contributed by atoms with Gasteiger partial charge in [0.2, 0.25) is 0 Å². The largest absolute Gasteiger partial charge is 0.265 e. The molecule has 0 saturated carbocycles. The van der Waals surface area contributed by atoms with Gasteiger partial charge in [-0.05, 0) is 68.8 Å². The van der Waals surface area contributed by atoms with Crippen LogP contribution in [0.5, 0.6) is 0 Å². The zero-order valence-electron chi connectivity index (χ0n) is 25.3. The molecule has 45 heavy (non-hydrogen) atoms. The fourth-order valence-electron chi connectivity index (χ4n) is 6.77. The highest BCUT2D eigenvalue weighted by Crippen LogP contribution is 2.52. The summed E-state index contributed by atoms with van der Waals surface area (Å²) >= 11 is 0. The van der Waals surface area contributed by atoms with Crippen LogP contribution in [-0.2, 0) is 5.41 Å². The van der Waals surface area contributed by atoms with Crippen molar-refractivity contribution in [1.29, 1.82) is 0 Å². The highest BCUT2D eigenvalue weighted by Gasteiger charge is 2.37. The molecule has 3 nitrogen and oxygen atoms in total. The van der Waals surface area contributed by atoms with Crippen LogP contribution >= 0.6 is 0 Å². The molecule has 0 amide bonds.